The molecular weight excluding hydrogens is 260 g/mol. The third-order valence-electron chi connectivity index (χ3n) is 4.84. The monoisotopic (exact) mass is 288 g/mol. The Kier molecular flexibility index (Phi) is 4.05. The van der Waals surface area contributed by atoms with E-state index in [1.165, 1.54) is 25.7 Å². The third kappa shape index (κ3) is 3.47. The Morgan fingerprint density at radius 3 is 2.52 bits per heavy atom. The molecule has 1 unspecified atom stereocenters. The summed E-state index contributed by atoms with van der Waals surface area (Å²) < 4.78 is 0. The van der Waals surface area contributed by atoms with Gasteiger partial charge in [-0.1, -0.05) is 20.8 Å². The van der Waals surface area contributed by atoms with Gasteiger partial charge in [-0.15, -0.1) is 0 Å². The number of nitrogens with zero attached hydrogens (tertiary/aromatic N) is 4. The van der Waals surface area contributed by atoms with Gasteiger partial charge in [0.15, 0.2) is 0 Å². The summed E-state index contributed by atoms with van der Waals surface area (Å²) in [5.74, 6) is 2.98. The van der Waals surface area contributed by atoms with Gasteiger partial charge in [-0.3, -0.25) is 0 Å². The summed E-state index contributed by atoms with van der Waals surface area (Å²) in [5, 5.41) is 0. The topological polar surface area (TPSA) is 32.3 Å². The molecule has 1 aromatic heterocycles. The number of piperidine rings is 2. The fraction of sp³-hybridized carbons (Fsp3) is 0.765. The maximum atomic E-state index is 4.53. The summed E-state index contributed by atoms with van der Waals surface area (Å²) in [5.41, 5.74) is 0.392. The SMILES string of the molecule is CC1CCCN(c2cc(N3CCCC(C)(C)C3)ncn2)C1. The zero-order chi connectivity index (χ0) is 14.9. The lowest BCUT2D eigenvalue weighted by Crippen LogP contribution is -2.41. The van der Waals surface area contributed by atoms with Gasteiger partial charge in [-0.2, -0.15) is 0 Å². The van der Waals surface area contributed by atoms with E-state index in [1.807, 2.05) is 0 Å². The molecule has 2 saturated heterocycles. The summed E-state index contributed by atoms with van der Waals surface area (Å²) in [4.78, 5) is 13.9. The molecule has 4 nitrogen and oxygen atoms in total. The standard InChI is InChI=1S/C17H28N4/c1-14-6-4-8-20(11-14)15-10-16(19-13-18-15)21-9-5-7-17(2,3)12-21/h10,13-14H,4-9,11-12H2,1-3H3. The first-order valence-corrected chi connectivity index (χ1v) is 8.35. The summed E-state index contributed by atoms with van der Waals surface area (Å²) in [6.07, 6.45) is 6.93. The van der Waals surface area contributed by atoms with E-state index in [9.17, 15) is 0 Å². The molecular formula is C17H28N4. The Labute approximate surface area is 128 Å². The molecule has 4 heteroatoms. The second-order valence-electron chi connectivity index (χ2n) is 7.62. The molecule has 0 spiro atoms. The van der Waals surface area contributed by atoms with Gasteiger partial charge in [-0.05, 0) is 37.0 Å². The van der Waals surface area contributed by atoms with Crippen molar-refractivity contribution in [3.05, 3.63) is 12.4 Å². The molecule has 3 heterocycles. The van der Waals surface area contributed by atoms with Crippen molar-refractivity contribution in [1.82, 2.24) is 9.97 Å². The van der Waals surface area contributed by atoms with Gasteiger partial charge < -0.3 is 9.80 Å². The van der Waals surface area contributed by atoms with E-state index < -0.39 is 0 Å². The first-order valence-electron chi connectivity index (χ1n) is 8.35. The molecule has 1 aromatic rings. The first-order chi connectivity index (χ1) is 10.0. The highest BCUT2D eigenvalue weighted by Crippen LogP contribution is 2.31. The van der Waals surface area contributed by atoms with Gasteiger partial charge in [0.1, 0.15) is 18.0 Å². The molecule has 2 aliphatic heterocycles. The van der Waals surface area contributed by atoms with Crippen LogP contribution in [-0.4, -0.2) is 36.1 Å². The fourth-order valence-electron chi connectivity index (χ4n) is 3.70. The van der Waals surface area contributed by atoms with Crippen LogP contribution >= 0.6 is 0 Å². The van der Waals surface area contributed by atoms with E-state index in [0.717, 1.165) is 43.7 Å². The minimum Gasteiger partial charge on any atom is -0.356 e. The molecule has 21 heavy (non-hydrogen) atoms. The van der Waals surface area contributed by atoms with E-state index in [2.05, 4.69) is 46.6 Å². The van der Waals surface area contributed by atoms with Gasteiger partial charge in [0.25, 0.3) is 0 Å². The zero-order valence-electron chi connectivity index (χ0n) is 13.7. The molecule has 2 fully saturated rings. The van der Waals surface area contributed by atoms with Gasteiger partial charge in [0.2, 0.25) is 0 Å². The smallest absolute Gasteiger partial charge is 0.134 e. The molecule has 2 aliphatic rings. The van der Waals surface area contributed by atoms with Crippen LogP contribution in [0.25, 0.3) is 0 Å². The largest absolute Gasteiger partial charge is 0.356 e. The van der Waals surface area contributed by atoms with Gasteiger partial charge >= 0.3 is 0 Å². The van der Waals surface area contributed by atoms with E-state index >= 15 is 0 Å². The first kappa shape index (κ1) is 14.6. The molecule has 0 bridgehead atoms. The van der Waals surface area contributed by atoms with Crippen LogP contribution in [0.3, 0.4) is 0 Å². The van der Waals surface area contributed by atoms with Crippen molar-refractivity contribution in [2.75, 3.05) is 36.0 Å². The van der Waals surface area contributed by atoms with Crippen molar-refractivity contribution in [3.8, 4) is 0 Å². The molecule has 116 valence electrons. The van der Waals surface area contributed by atoms with Gasteiger partial charge in [0, 0.05) is 32.2 Å². The molecule has 0 N–H and O–H groups in total. The third-order valence-corrected chi connectivity index (χ3v) is 4.84. The Morgan fingerprint density at radius 1 is 1.10 bits per heavy atom. The molecule has 0 aromatic carbocycles. The number of hydrogen-bond donors (Lipinski definition) is 0. The minimum absolute atomic E-state index is 0.392. The summed E-state index contributed by atoms with van der Waals surface area (Å²) in [6, 6.07) is 2.19. The Bertz CT molecular complexity index is 485. The van der Waals surface area contributed by atoms with E-state index in [4.69, 9.17) is 0 Å². The average molecular weight is 288 g/mol. The van der Waals surface area contributed by atoms with Crippen molar-refractivity contribution in [2.24, 2.45) is 11.3 Å². The van der Waals surface area contributed by atoms with Gasteiger partial charge in [-0.25, -0.2) is 9.97 Å². The number of rotatable bonds is 2. The van der Waals surface area contributed by atoms with Crippen molar-refractivity contribution in [2.45, 2.75) is 46.5 Å². The van der Waals surface area contributed by atoms with Crippen molar-refractivity contribution in [3.63, 3.8) is 0 Å². The van der Waals surface area contributed by atoms with Crippen LogP contribution in [-0.2, 0) is 0 Å². The maximum absolute atomic E-state index is 4.53. The second kappa shape index (κ2) is 5.82. The zero-order valence-corrected chi connectivity index (χ0v) is 13.7. The predicted octanol–water partition coefficient (Wildman–Crippen LogP) is 3.34. The molecule has 0 saturated carbocycles. The highest BCUT2D eigenvalue weighted by Gasteiger charge is 2.27. The lowest BCUT2D eigenvalue weighted by Gasteiger charge is -2.39. The van der Waals surface area contributed by atoms with Crippen LogP contribution in [0.4, 0.5) is 11.6 Å². The van der Waals surface area contributed by atoms with Crippen LogP contribution < -0.4 is 9.80 Å². The molecule has 0 radical (unpaired) electrons. The highest BCUT2D eigenvalue weighted by molar-refractivity contribution is 5.50. The lowest BCUT2D eigenvalue weighted by atomic mass is 9.84. The fourth-order valence-corrected chi connectivity index (χ4v) is 3.70. The van der Waals surface area contributed by atoms with E-state index in [-0.39, 0.29) is 0 Å². The van der Waals surface area contributed by atoms with Crippen LogP contribution in [0.5, 0.6) is 0 Å². The Balaban J connectivity index is 1.76. The molecule has 0 amide bonds. The molecule has 1 atom stereocenters. The van der Waals surface area contributed by atoms with Crippen LogP contribution in [0.15, 0.2) is 12.4 Å². The molecule has 3 rings (SSSR count). The number of aromatic nitrogens is 2. The van der Waals surface area contributed by atoms with Crippen molar-refractivity contribution >= 4 is 11.6 Å². The van der Waals surface area contributed by atoms with Crippen LogP contribution in [0.2, 0.25) is 0 Å². The quantitative estimate of drug-likeness (QED) is 0.835. The lowest BCUT2D eigenvalue weighted by molar-refractivity contribution is 0.292. The second-order valence-corrected chi connectivity index (χ2v) is 7.62. The summed E-state index contributed by atoms with van der Waals surface area (Å²) in [7, 11) is 0. The highest BCUT2D eigenvalue weighted by atomic mass is 15.2. The maximum Gasteiger partial charge on any atom is 0.134 e. The summed E-state index contributed by atoms with van der Waals surface area (Å²) >= 11 is 0. The number of hydrogen-bond acceptors (Lipinski definition) is 4. The van der Waals surface area contributed by atoms with Crippen molar-refractivity contribution in [1.29, 1.82) is 0 Å². The minimum atomic E-state index is 0.392. The van der Waals surface area contributed by atoms with E-state index in [0.29, 0.717) is 5.41 Å². The number of anilines is 2. The predicted molar refractivity (Wildman–Crippen MR) is 87.9 cm³/mol. The Morgan fingerprint density at radius 2 is 1.81 bits per heavy atom. The van der Waals surface area contributed by atoms with Crippen molar-refractivity contribution < 1.29 is 0 Å². The van der Waals surface area contributed by atoms with Gasteiger partial charge in [0.05, 0.1) is 0 Å². The normalized spacial score (nSPS) is 26.0. The van der Waals surface area contributed by atoms with Crippen LogP contribution in [0, 0.1) is 11.3 Å². The van der Waals surface area contributed by atoms with E-state index in [1.54, 1.807) is 6.33 Å². The molecule has 0 aliphatic carbocycles. The summed E-state index contributed by atoms with van der Waals surface area (Å²) in [6.45, 7) is 11.5. The average Bonchev–Trinajstić information content (AvgIpc) is 2.46. The Hall–Kier alpha value is -1.32. The van der Waals surface area contributed by atoms with Crippen LogP contribution in [0.1, 0.15) is 46.5 Å².